The van der Waals surface area contributed by atoms with Gasteiger partial charge in [-0.15, -0.1) is 0 Å². The molecule has 0 saturated carbocycles. The first-order valence-electron chi connectivity index (χ1n) is 5.66. The SMILES string of the molecule is NNC(=O)CCCOc1ccc(C(N)=O)cc1[N+](=O)[O-]. The second-order valence-electron chi connectivity index (χ2n) is 3.82. The summed E-state index contributed by atoms with van der Waals surface area (Å²) in [5, 5.41) is 10.9. The molecule has 0 bridgehead atoms. The molecule has 1 rings (SSSR count). The number of benzene rings is 1. The molecule has 0 aliphatic rings. The minimum Gasteiger partial charge on any atom is -0.487 e. The third-order valence-corrected chi connectivity index (χ3v) is 2.41. The van der Waals surface area contributed by atoms with Crippen LogP contribution in [0.2, 0.25) is 0 Å². The number of nitrogens with one attached hydrogen (secondary N) is 1. The lowest BCUT2D eigenvalue weighted by molar-refractivity contribution is -0.385. The molecule has 0 aliphatic carbocycles. The van der Waals surface area contributed by atoms with Crippen molar-refractivity contribution in [1.29, 1.82) is 0 Å². The van der Waals surface area contributed by atoms with Gasteiger partial charge in [-0.05, 0) is 18.6 Å². The molecule has 0 atom stereocenters. The summed E-state index contributed by atoms with van der Waals surface area (Å²) in [6.45, 7) is 0.101. The number of amides is 2. The van der Waals surface area contributed by atoms with Crippen LogP contribution >= 0.6 is 0 Å². The van der Waals surface area contributed by atoms with E-state index in [0.29, 0.717) is 6.42 Å². The molecule has 0 spiro atoms. The Hall–Kier alpha value is -2.68. The smallest absolute Gasteiger partial charge is 0.311 e. The van der Waals surface area contributed by atoms with E-state index in [-0.39, 0.29) is 35.9 Å². The van der Waals surface area contributed by atoms with E-state index >= 15 is 0 Å². The first-order valence-corrected chi connectivity index (χ1v) is 5.66. The normalized spacial score (nSPS) is 9.85. The number of hydrazine groups is 1. The van der Waals surface area contributed by atoms with Gasteiger partial charge >= 0.3 is 5.69 Å². The van der Waals surface area contributed by atoms with E-state index in [1.54, 1.807) is 0 Å². The molecule has 0 saturated heterocycles. The molecule has 9 nitrogen and oxygen atoms in total. The Morgan fingerprint density at radius 2 is 2.10 bits per heavy atom. The van der Waals surface area contributed by atoms with Crippen molar-refractivity contribution in [1.82, 2.24) is 5.43 Å². The van der Waals surface area contributed by atoms with Gasteiger partial charge in [0.2, 0.25) is 11.8 Å². The lowest BCUT2D eigenvalue weighted by Gasteiger charge is -2.07. The Balaban J connectivity index is 2.72. The molecule has 20 heavy (non-hydrogen) atoms. The van der Waals surface area contributed by atoms with Gasteiger partial charge in [-0.3, -0.25) is 25.1 Å². The number of carbonyl (C=O) groups excluding carboxylic acids is 2. The maximum Gasteiger partial charge on any atom is 0.311 e. The van der Waals surface area contributed by atoms with Crippen molar-refractivity contribution in [2.75, 3.05) is 6.61 Å². The molecule has 0 aromatic heterocycles. The van der Waals surface area contributed by atoms with Gasteiger partial charge in [-0.1, -0.05) is 0 Å². The summed E-state index contributed by atoms with van der Waals surface area (Å²) in [5.41, 5.74) is 6.67. The average Bonchev–Trinajstić information content (AvgIpc) is 2.42. The molecule has 0 aliphatic heterocycles. The largest absolute Gasteiger partial charge is 0.487 e. The van der Waals surface area contributed by atoms with E-state index < -0.39 is 10.8 Å². The quantitative estimate of drug-likeness (QED) is 0.208. The van der Waals surface area contributed by atoms with Crippen molar-refractivity contribution < 1.29 is 19.2 Å². The molecule has 0 radical (unpaired) electrons. The highest BCUT2D eigenvalue weighted by Gasteiger charge is 2.17. The topological polar surface area (TPSA) is 151 Å². The van der Waals surface area contributed by atoms with Crippen molar-refractivity contribution in [3.8, 4) is 5.75 Å². The summed E-state index contributed by atoms with van der Waals surface area (Å²) in [4.78, 5) is 32.0. The number of primary amides is 1. The van der Waals surface area contributed by atoms with E-state index in [0.717, 1.165) is 6.07 Å². The Bertz CT molecular complexity index is 532. The summed E-state index contributed by atoms with van der Waals surface area (Å²) in [5.74, 6) is 3.79. The standard InChI is InChI=1S/C11H14N4O5/c12-11(17)7-3-4-9(8(6-7)15(18)19)20-5-1-2-10(16)14-13/h3-4,6H,1-2,5,13H2,(H2,12,17)(H,14,16). The fourth-order valence-electron chi connectivity index (χ4n) is 1.42. The van der Waals surface area contributed by atoms with Crippen LogP contribution in [0.15, 0.2) is 18.2 Å². The zero-order valence-electron chi connectivity index (χ0n) is 10.5. The molecular weight excluding hydrogens is 268 g/mol. The number of nitrogens with two attached hydrogens (primary N) is 2. The van der Waals surface area contributed by atoms with Gasteiger partial charge in [0.05, 0.1) is 11.5 Å². The van der Waals surface area contributed by atoms with Crippen molar-refractivity contribution in [3.63, 3.8) is 0 Å². The number of hydrogen-bond acceptors (Lipinski definition) is 6. The van der Waals surface area contributed by atoms with Crippen LogP contribution in [-0.4, -0.2) is 23.3 Å². The Morgan fingerprint density at radius 3 is 2.65 bits per heavy atom. The predicted molar refractivity (Wildman–Crippen MR) is 68.7 cm³/mol. The van der Waals surface area contributed by atoms with Crippen LogP contribution in [0.25, 0.3) is 0 Å². The van der Waals surface area contributed by atoms with Crippen molar-refractivity contribution in [2.45, 2.75) is 12.8 Å². The minimum atomic E-state index is -0.765. The highest BCUT2D eigenvalue weighted by molar-refractivity contribution is 5.93. The van der Waals surface area contributed by atoms with Crippen LogP contribution in [0, 0.1) is 10.1 Å². The number of nitrogens with zero attached hydrogens (tertiary/aromatic N) is 1. The number of carbonyl (C=O) groups is 2. The summed E-state index contributed by atoms with van der Waals surface area (Å²) in [6, 6.07) is 3.67. The number of ether oxygens (including phenoxy) is 1. The number of rotatable bonds is 7. The molecule has 9 heteroatoms. The predicted octanol–water partition coefficient (Wildman–Crippen LogP) is -0.157. The van der Waals surface area contributed by atoms with Gasteiger partial charge in [0.1, 0.15) is 0 Å². The van der Waals surface area contributed by atoms with E-state index in [2.05, 4.69) is 0 Å². The van der Waals surface area contributed by atoms with Crippen molar-refractivity contribution in [2.24, 2.45) is 11.6 Å². The van der Waals surface area contributed by atoms with Crippen molar-refractivity contribution >= 4 is 17.5 Å². The molecule has 1 aromatic rings. The molecule has 5 N–H and O–H groups in total. The molecule has 0 heterocycles. The number of nitro groups is 1. The molecular formula is C11H14N4O5. The van der Waals surface area contributed by atoms with Gasteiger partial charge in [-0.2, -0.15) is 0 Å². The fraction of sp³-hybridized carbons (Fsp3) is 0.273. The van der Waals surface area contributed by atoms with Crippen LogP contribution < -0.4 is 21.7 Å². The van der Waals surface area contributed by atoms with Crippen LogP contribution in [-0.2, 0) is 4.79 Å². The number of hydrogen-bond donors (Lipinski definition) is 3. The summed E-state index contributed by atoms with van der Waals surface area (Å²) >= 11 is 0. The highest BCUT2D eigenvalue weighted by Crippen LogP contribution is 2.28. The van der Waals surface area contributed by atoms with Crippen molar-refractivity contribution in [3.05, 3.63) is 33.9 Å². The summed E-state index contributed by atoms with van der Waals surface area (Å²) < 4.78 is 5.21. The lowest BCUT2D eigenvalue weighted by Crippen LogP contribution is -2.29. The minimum absolute atomic E-state index is 0.00755. The Labute approximate surface area is 114 Å². The second-order valence-corrected chi connectivity index (χ2v) is 3.82. The first-order chi connectivity index (χ1) is 9.45. The molecule has 1 aromatic carbocycles. The zero-order valence-corrected chi connectivity index (χ0v) is 10.5. The molecule has 2 amide bonds. The van der Waals surface area contributed by atoms with Crippen LogP contribution in [0.1, 0.15) is 23.2 Å². The Kier molecular flexibility index (Phi) is 5.42. The molecule has 0 unspecified atom stereocenters. The summed E-state index contributed by atoms with van der Waals surface area (Å²) in [7, 11) is 0. The number of nitro benzene ring substituents is 1. The van der Waals surface area contributed by atoms with E-state index in [1.165, 1.54) is 12.1 Å². The monoisotopic (exact) mass is 282 g/mol. The molecule has 0 fully saturated rings. The van der Waals surface area contributed by atoms with Gasteiger partial charge in [0.15, 0.2) is 5.75 Å². The average molecular weight is 282 g/mol. The first kappa shape index (κ1) is 15.4. The molecule has 108 valence electrons. The third-order valence-electron chi connectivity index (χ3n) is 2.41. The second kappa shape index (κ2) is 7.04. The van der Waals surface area contributed by atoms with Gasteiger partial charge in [-0.25, -0.2) is 5.84 Å². The Morgan fingerprint density at radius 1 is 1.40 bits per heavy atom. The maximum atomic E-state index is 11.0. The van der Waals surface area contributed by atoms with E-state index in [4.69, 9.17) is 16.3 Å². The highest BCUT2D eigenvalue weighted by atomic mass is 16.6. The van der Waals surface area contributed by atoms with E-state index in [9.17, 15) is 19.7 Å². The fourth-order valence-corrected chi connectivity index (χ4v) is 1.42. The van der Waals surface area contributed by atoms with Gasteiger partial charge in [0.25, 0.3) is 0 Å². The maximum absolute atomic E-state index is 11.0. The lowest BCUT2D eigenvalue weighted by atomic mass is 10.2. The van der Waals surface area contributed by atoms with Crippen LogP contribution in [0.5, 0.6) is 5.75 Å². The third kappa shape index (κ3) is 4.21. The zero-order chi connectivity index (χ0) is 15.1. The summed E-state index contributed by atoms with van der Waals surface area (Å²) in [6.07, 6.45) is 0.488. The van der Waals surface area contributed by atoms with Crippen LogP contribution in [0.4, 0.5) is 5.69 Å². The van der Waals surface area contributed by atoms with E-state index in [1.807, 2.05) is 5.43 Å². The van der Waals surface area contributed by atoms with Crippen LogP contribution in [0.3, 0.4) is 0 Å². The van der Waals surface area contributed by atoms with Gasteiger partial charge < -0.3 is 10.5 Å². The van der Waals surface area contributed by atoms with Gasteiger partial charge in [0, 0.05) is 18.1 Å².